The normalized spacial score (nSPS) is 21.1. The SMILES string of the molecule is CCOC1c2ccccc2/C(=N\OC)C(=O)N1C. The molecule has 5 nitrogen and oxygen atoms in total. The number of likely N-dealkylation sites (N-methyl/N-ethyl adjacent to an activating group) is 1. The highest BCUT2D eigenvalue weighted by molar-refractivity contribution is 6.46. The summed E-state index contributed by atoms with van der Waals surface area (Å²) in [5.41, 5.74) is 2.00. The van der Waals surface area contributed by atoms with Crippen molar-refractivity contribution in [1.29, 1.82) is 0 Å². The number of hydrogen-bond acceptors (Lipinski definition) is 4. The van der Waals surface area contributed by atoms with Crippen LogP contribution in [0.25, 0.3) is 0 Å². The molecule has 1 atom stereocenters. The van der Waals surface area contributed by atoms with Crippen molar-refractivity contribution in [3.63, 3.8) is 0 Å². The number of rotatable bonds is 3. The topological polar surface area (TPSA) is 51.1 Å². The van der Waals surface area contributed by atoms with Crippen molar-refractivity contribution >= 4 is 11.6 Å². The van der Waals surface area contributed by atoms with Gasteiger partial charge >= 0.3 is 0 Å². The largest absolute Gasteiger partial charge is 0.398 e. The van der Waals surface area contributed by atoms with E-state index < -0.39 is 0 Å². The fourth-order valence-electron chi connectivity index (χ4n) is 2.06. The quantitative estimate of drug-likeness (QED) is 0.762. The minimum absolute atomic E-state index is 0.200. The molecule has 1 heterocycles. The molecular formula is C13H16N2O3. The maximum atomic E-state index is 12.2. The molecule has 2 rings (SSSR count). The van der Waals surface area contributed by atoms with Gasteiger partial charge in [0.25, 0.3) is 5.91 Å². The predicted octanol–water partition coefficient (Wildman–Crippen LogP) is 1.54. The first-order valence-electron chi connectivity index (χ1n) is 5.80. The van der Waals surface area contributed by atoms with E-state index in [1.54, 1.807) is 7.05 Å². The third-order valence-corrected chi connectivity index (χ3v) is 2.86. The molecule has 1 unspecified atom stereocenters. The first kappa shape index (κ1) is 12.6. The van der Waals surface area contributed by atoms with E-state index in [0.29, 0.717) is 12.3 Å². The number of nitrogens with zero attached hydrogens (tertiary/aromatic N) is 2. The molecule has 0 spiro atoms. The zero-order valence-electron chi connectivity index (χ0n) is 10.7. The van der Waals surface area contributed by atoms with E-state index in [9.17, 15) is 4.79 Å². The van der Waals surface area contributed by atoms with Gasteiger partial charge in [0.2, 0.25) is 0 Å². The van der Waals surface area contributed by atoms with E-state index in [0.717, 1.165) is 11.1 Å². The van der Waals surface area contributed by atoms with Gasteiger partial charge in [-0.15, -0.1) is 0 Å². The molecule has 0 bridgehead atoms. The number of amides is 1. The van der Waals surface area contributed by atoms with E-state index in [2.05, 4.69) is 5.16 Å². The Kier molecular flexibility index (Phi) is 3.62. The summed E-state index contributed by atoms with van der Waals surface area (Å²) in [6, 6.07) is 7.57. The Balaban J connectivity index is 2.55. The second-order valence-electron chi connectivity index (χ2n) is 3.93. The molecule has 0 saturated carbocycles. The minimum atomic E-state index is -0.366. The summed E-state index contributed by atoms with van der Waals surface area (Å²) in [6.07, 6.45) is -0.366. The Bertz CT molecular complexity index is 485. The van der Waals surface area contributed by atoms with Crippen LogP contribution < -0.4 is 0 Å². The first-order chi connectivity index (χ1) is 8.70. The highest BCUT2D eigenvalue weighted by Gasteiger charge is 2.35. The van der Waals surface area contributed by atoms with Crippen molar-refractivity contribution in [1.82, 2.24) is 4.90 Å². The van der Waals surface area contributed by atoms with Crippen molar-refractivity contribution in [3.05, 3.63) is 35.4 Å². The molecule has 0 N–H and O–H groups in total. The zero-order valence-corrected chi connectivity index (χ0v) is 10.7. The zero-order chi connectivity index (χ0) is 13.1. The van der Waals surface area contributed by atoms with Gasteiger partial charge in [-0.25, -0.2) is 0 Å². The summed E-state index contributed by atoms with van der Waals surface area (Å²) in [6.45, 7) is 2.44. The molecule has 1 aliphatic heterocycles. The summed E-state index contributed by atoms with van der Waals surface area (Å²) < 4.78 is 5.63. The number of carbonyl (C=O) groups is 1. The summed E-state index contributed by atoms with van der Waals surface area (Å²) in [5, 5.41) is 3.82. The molecule has 0 aromatic heterocycles. The van der Waals surface area contributed by atoms with Crippen LogP contribution >= 0.6 is 0 Å². The molecule has 0 radical (unpaired) electrons. The third-order valence-electron chi connectivity index (χ3n) is 2.86. The summed E-state index contributed by atoms with van der Waals surface area (Å²) in [7, 11) is 3.13. The molecule has 96 valence electrons. The van der Waals surface area contributed by atoms with E-state index in [1.807, 2.05) is 31.2 Å². The molecule has 18 heavy (non-hydrogen) atoms. The van der Waals surface area contributed by atoms with Gasteiger partial charge in [0.15, 0.2) is 11.9 Å². The van der Waals surface area contributed by atoms with Crippen LogP contribution in [0.5, 0.6) is 0 Å². The van der Waals surface area contributed by atoms with Crippen molar-refractivity contribution in [2.75, 3.05) is 20.8 Å². The standard InChI is InChI=1S/C13H16N2O3/c1-4-18-13-10-8-6-5-7-9(10)11(14-17-3)12(16)15(13)2/h5-8,13H,4H2,1-3H3/b14-11+. The van der Waals surface area contributed by atoms with Crippen LogP contribution in [0.2, 0.25) is 0 Å². The van der Waals surface area contributed by atoms with Crippen molar-refractivity contribution in [3.8, 4) is 0 Å². The third kappa shape index (κ3) is 1.97. The molecular weight excluding hydrogens is 232 g/mol. The second kappa shape index (κ2) is 5.18. The van der Waals surface area contributed by atoms with Crippen LogP contribution in [0.4, 0.5) is 0 Å². The second-order valence-corrected chi connectivity index (χ2v) is 3.93. The molecule has 0 saturated heterocycles. The summed E-state index contributed by atoms with van der Waals surface area (Å²) in [4.78, 5) is 18.5. The molecule has 1 aliphatic rings. The summed E-state index contributed by atoms with van der Waals surface area (Å²) in [5.74, 6) is -0.200. The molecule has 0 fully saturated rings. The monoisotopic (exact) mass is 248 g/mol. The van der Waals surface area contributed by atoms with Crippen molar-refractivity contribution in [2.45, 2.75) is 13.2 Å². The van der Waals surface area contributed by atoms with E-state index in [1.165, 1.54) is 12.0 Å². The molecule has 1 aromatic carbocycles. The maximum Gasteiger partial charge on any atom is 0.278 e. The van der Waals surface area contributed by atoms with Crippen molar-refractivity contribution < 1.29 is 14.4 Å². The molecule has 0 aliphatic carbocycles. The Morgan fingerprint density at radius 1 is 1.39 bits per heavy atom. The first-order valence-corrected chi connectivity index (χ1v) is 5.80. The van der Waals surface area contributed by atoms with Gasteiger partial charge in [0.1, 0.15) is 7.11 Å². The summed E-state index contributed by atoms with van der Waals surface area (Å²) >= 11 is 0. The lowest BCUT2D eigenvalue weighted by Crippen LogP contribution is -2.43. The molecule has 1 amide bonds. The number of oxime groups is 1. The number of ether oxygens (including phenoxy) is 1. The average Bonchev–Trinajstić information content (AvgIpc) is 2.40. The van der Waals surface area contributed by atoms with Crippen LogP contribution in [0.1, 0.15) is 24.3 Å². The van der Waals surface area contributed by atoms with Crippen LogP contribution in [0, 0.1) is 0 Å². The average molecular weight is 248 g/mol. The smallest absolute Gasteiger partial charge is 0.278 e. The van der Waals surface area contributed by atoms with E-state index in [-0.39, 0.29) is 12.1 Å². The Morgan fingerprint density at radius 3 is 2.78 bits per heavy atom. The molecule has 1 aromatic rings. The van der Waals surface area contributed by atoms with E-state index in [4.69, 9.17) is 9.57 Å². The van der Waals surface area contributed by atoms with Crippen LogP contribution in [-0.4, -0.2) is 37.3 Å². The van der Waals surface area contributed by atoms with Gasteiger partial charge < -0.3 is 14.5 Å². The predicted molar refractivity (Wildman–Crippen MR) is 67.1 cm³/mol. The number of fused-ring (bicyclic) bond motifs is 1. The number of hydrogen-bond donors (Lipinski definition) is 0. The molecule has 5 heteroatoms. The van der Waals surface area contributed by atoms with Crippen LogP contribution in [-0.2, 0) is 14.4 Å². The highest BCUT2D eigenvalue weighted by atomic mass is 16.6. The van der Waals surface area contributed by atoms with Gasteiger partial charge in [0, 0.05) is 24.8 Å². The number of benzene rings is 1. The lowest BCUT2D eigenvalue weighted by Gasteiger charge is -2.34. The van der Waals surface area contributed by atoms with Crippen LogP contribution in [0.3, 0.4) is 0 Å². The van der Waals surface area contributed by atoms with Gasteiger partial charge in [-0.1, -0.05) is 29.4 Å². The van der Waals surface area contributed by atoms with Gasteiger partial charge in [0.05, 0.1) is 0 Å². The Hall–Kier alpha value is -1.88. The Morgan fingerprint density at radius 2 is 2.11 bits per heavy atom. The van der Waals surface area contributed by atoms with Gasteiger partial charge in [-0.3, -0.25) is 4.79 Å². The highest BCUT2D eigenvalue weighted by Crippen LogP contribution is 2.30. The lowest BCUT2D eigenvalue weighted by atomic mass is 9.96. The lowest BCUT2D eigenvalue weighted by molar-refractivity contribution is -0.137. The maximum absolute atomic E-state index is 12.2. The Labute approximate surface area is 106 Å². The van der Waals surface area contributed by atoms with Crippen LogP contribution in [0.15, 0.2) is 29.4 Å². The fraction of sp³-hybridized carbons (Fsp3) is 0.385. The van der Waals surface area contributed by atoms with Gasteiger partial charge in [-0.05, 0) is 6.92 Å². The van der Waals surface area contributed by atoms with Crippen molar-refractivity contribution in [2.24, 2.45) is 5.16 Å². The number of carbonyl (C=O) groups excluding carboxylic acids is 1. The van der Waals surface area contributed by atoms with Gasteiger partial charge in [-0.2, -0.15) is 0 Å². The fourth-order valence-corrected chi connectivity index (χ4v) is 2.06. The minimum Gasteiger partial charge on any atom is -0.398 e. The van der Waals surface area contributed by atoms with E-state index >= 15 is 0 Å².